The van der Waals surface area contributed by atoms with Gasteiger partial charge in [0.15, 0.2) is 0 Å². The maximum atomic E-state index is 13.5. The number of aromatic nitrogens is 1. The van der Waals surface area contributed by atoms with Crippen molar-refractivity contribution in [3.05, 3.63) is 83.6 Å². The summed E-state index contributed by atoms with van der Waals surface area (Å²) in [5.74, 6) is 5.43. The summed E-state index contributed by atoms with van der Waals surface area (Å²) in [6, 6.07) is 16.3. The van der Waals surface area contributed by atoms with E-state index in [9.17, 15) is 18.0 Å². The lowest BCUT2D eigenvalue weighted by Gasteiger charge is -2.15. The number of carbonyl (C=O) groups is 1. The van der Waals surface area contributed by atoms with Gasteiger partial charge in [0.05, 0.1) is 11.6 Å². The number of halogens is 3. The third-order valence-electron chi connectivity index (χ3n) is 4.18. The van der Waals surface area contributed by atoms with Crippen molar-refractivity contribution in [3.8, 4) is 23.0 Å². The van der Waals surface area contributed by atoms with Crippen LogP contribution in [0.4, 0.5) is 19.0 Å². The Morgan fingerprint density at radius 2 is 1.63 bits per heavy atom. The van der Waals surface area contributed by atoms with Crippen LogP contribution in [-0.4, -0.2) is 16.9 Å². The van der Waals surface area contributed by atoms with Gasteiger partial charge in [-0.2, -0.15) is 13.2 Å². The number of anilines is 1. The molecule has 1 atom stereocenters. The molecule has 0 bridgehead atoms. The van der Waals surface area contributed by atoms with Crippen LogP contribution in [0.5, 0.6) is 0 Å². The standard InChI is InChI=1S/C23H18F3N3O/c1-15(27)22(30)29-21-14-12-18(17-9-5-6-10-19(17)23(24,25)26)20(28-21)13-11-16-7-3-2-4-8-16/h2-10,12,14-15H,27H2,1H3,(H,28,29,30). The molecule has 0 saturated carbocycles. The summed E-state index contributed by atoms with van der Waals surface area (Å²) in [5, 5.41) is 2.54. The maximum Gasteiger partial charge on any atom is 0.417 e. The van der Waals surface area contributed by atoms with E-state index in [2.05, 4.69) is 22.1 Å². The predicted octanol–water partition coefficient (Wildman–Crippen LogP) is 4.45. The number of hydrogen-bond donors (Lipinski definition) is 2. The van der Waals surface area contributed by atoms with E-state index < -0.39 is 23.7 Å². The van der Waals surface area contributed by atoms with E-state index in [0.29, 0.717) is 5.56 Å². The van der Waals surface area contributed by atoms with E-state index in [1.54, 1.807) is 24.3 Å². The molecule has 3 aromatic rings. The lowest BCUT2D eigenvalue weighted by atomic mass is 9.97. The van der Waals surface area contributed by atoms with Crippen LogP contribution < -0.4 is 11.1 Å². The van der Waals surface area contributed by atoms with Crippen molar-refractivity contribution < 1.29 is 18.0 Å². The number of nitrogens with one attached hydrogen (secondary N) is 1. The number of nitrogens with two attached hydrogens (primary N) is 1. The van der Waals surface area contributed by atoms with Gasteiger partial charge in [0.25, 0.3) is 0 Å². The fourth-order valence-corrected chi connectivity index (χ4v) is 2.70. The monoisotopic (exact) mass is 409 g/mol. The molecule has 2 aromatic carbocycles. The van der Waals surface area contributed by atoms with Crippen LogP contribution in [-0.2, 0) is 11.0 Å². The Balaban J connectivity index is 2.14. The molecular weight excluding hydrogens is 391 g/mol. The van der Waals surface area contributed by atoms with Crippen LogP contribution in [0.25, 0.3) is 11.1 Å². The quantitative estimate of drug-likeness (QED) is 0.628. The molecule has 30 heavy (non-hydrogen) atoms. The summed E-state index contributed by atoms with van der Waals surface area (Å²) in [7, 11) is 0. The highest BCUT2D eigenvalue weighted by molar-refractivity contribution is 5.93. The van der Waals surface area contributed by atoms with Gasteiger partial charge in [-0.3, -0.25) is 4.79 Å². The van der Waals surface area contributed by atoms with Gasteiger partial charge in [-0.25, -0.2) is 4.98 Å². The Morgan fingerprint density at radius 1 is 0.967 bits per heavy atom. The van der Waals surface area contributed by atoms with E-state index >= 15 is 0 Å². The summed E-state index contributed by atoms with van der Waals surface area (Å²) >= 11 is 0. The molecule has 0 radical (unpaired) electrons. The van der Waals surface area contributed by atoms with Crippen LogP contribution in [0.15, 0.2) is 66.7 Å². The van der Waals surface area contributed by atoms with Crippen LogP contribution >= 0.6 is 0 Å². The molecule has 0 saturated heterocycles. The number of nitrogens with zero attached hydrogens (tertiary/aromatic N) is 1. The molecule has 0 spiro atoms. The largest absolute Gasteiger partial charge is 0.417 e. The predicted molar refractivity (Wildman–Crippen MR) is 109 cm³/mol. The van der Waals surface area contributed by atoms with E-state index in [0.717, 1.165) is 6.07 Å². The van der Waals surface area contributed by atoms with E-state index in [-0.39, 0.29) is 22.6 Å². The summed E-state index contributed by atoms with van der Waals surface area (Å²) < 4.78 is 40.6. The number of benzene rings is 2. The molecule has 3 rings (SSSR count). The van der Waals surface area contributed by atoms with Gasteiger partial charge in [-0.05, 0) is 48.7 Å². The van der Waals surface area contributed by atoms with Crippen LogP contribution in [0.1, 0.15) is 23.7 Å². The van der Waals surface area contributed by atoms with Gasteiger partial charge in [-0.15, -0.1) is 0 Å². The molecule has 1 aromatic heterocycles. The van der Waals surface area contributed by atoms with Gasteiger partial charge in [0, 0.05) is 11.1 Å². The first-order valence-electron chi connectivity index (χ1n) is 9.07. The average Bonchev–Trinajstić information content (AvgIpc) is 2.72. The number of rotatable bonds is 3. The number of amides is 1. The van der Waals surface area contributed by atoms with Gasteiger partial charge in [-0.1, -0.05) is 42.3 Å². The lowest BCUT2D eigenvalue weighted by molar-refractivity contribution is -0.137. The third-order valence-corrected chi connectivity index (χ3v) is 4.18. The number of alkyl halides is 3. The zero-order valence-corrected chi connectivity index (χ0v) is 16.0. The Hall–Kier alpha value is -3.63. The van der Waals surface area contributed by atoms with Crippen LogP contribution in [0, 0.1) is 11.8 Å². The highest BCUT2D eigenvalue weighted by Gasteiger charge is 2.33. The van der Waals surface area contributed by atoms with Crippen LogP contribution in [0.3, 0.4) is 0 Å². The summed E-state index contributed by atoms with van der Waals surface area (Å²) in [6.45, 7) is 1.51. The van der Waals surface area contributed by atoms with Crippen molar-refractivity contribution in [1.29, 1.82) is 0 Å². The summed E-state index contributed by atoms with van der Waals surface area (Å²) in [4.78, 5) is 16.2. The van der Waals surface area contributed by atoms with Crippen molar-refractivity contribution >= 4 is 11.7 Å². The smallest absolute Gasteiger partial charge is 0.320 e. The fraction of sp³-hybridized carbons (Fsp3) is 0.130. The zero-order valence-electron chi connectivity index (χ0n) is 16.0. The average molecular weight is 409 g/mol. The van der Waals surface area contributed by atoms with Gasteiger partial charge >= 0.3 is 6.18 Å². The highest BCUT2D eigenvalue weighted by atomic mass is 19.4. The second-order valence-electron chi connectivity index (χ2n) is 6.53. The Kier molecular flexibility index (Phi) is 6.19. The first kappa shape index (κ1) is 21.1. The normalized spacial score (nSPS) is 11.9. The molecule has 1 heterocycles. The lowest BCUT2D eigenvalue weighted by Crippen LogP contribution is -2.32. The summed E-state index contributed by atoms with van der Waals surface area (Å²) in [6.07, 6.45) is -4.54. The second-order valence-corrected chi connectivity index (χ2v) is 6.53. The van der Waals surface area contributed by atoms with Gasteiger partial charge < -0.3 is 11.1 Å². The van der Waals surface area contributed by atoms with Crippen LogP contribution in [0.2, 0.25) is 0 Å². The molecule has 152 valence electrons. The highest BCUT2D eigenvalue weighted by Crippen LogP contribution is 2.38. The SMILES string of the molecule is CC(N)C(=O)Nc1ccc(-c2ccccc2C(F)(F)F)c(C#Cc2ccccc2)n1. The minimum atomic E-state index is -4.54. The Labute approximate surface area is 172 Å². The molecule has 0 aliphatic rings. The Morgan fingerprint density at radius 3 is 2.30 bits per heavy atom. The first-order valence-corrected chi connectivity index (χ1v) is 9.07. The molecular formula is C23H18F3N3O. The number of hydrogen-bond acceptors (Lipinski definition) is 3. The van der Waals surface area contributed by atoms with Gasteiger partial charge in [0.1, 0.15) is 11.5 Å². The second kappa shape index (κ2) is 8.80. The maximum absolute atomic E-state index is 13.5. The van der Waals surface area contributed by atoms with E-state index in [1.807, 2.05) is 6.07 Å². The van der Waals surface area contributed by atoms with Crippen molar-refractivity contribution in [3.63, 3.8) is 0 Å². The third kappa shape index (κ3) is 5.04. The van der Waals surface area contributed by atoms with Gasteiger partial charge in [0.2, 0.25) is 5.91 Å². The molecule has 3 N–H and O–H groups in total. The molecule has 0 aliphatic carbocycles. The molecule has 0 fully saturated rings. The molecule has 0 aliphatic heterocycles. The van der Waals surface area contributed by atoms with E-state index in [4.69, 9.17) is 5.73 Å². The van der Waals surface area contributed by atoms with Crippen molar-refractivity contribution in [2.45, 2.75) is 19.1 Å². The fourth-order valence-electron chi connectivity index (χ4n) is 2.70. The molecule has 7 heteroatoms. The zero-order chi connectivity index (χ0) is 21.7. The van der Waals surface area contributed by atoms with Crippen molar-refractivity contribution in [2.24, 2.45) is 5.73 Å². The number of pyridine rings is 1. The number of carbonyl (C=O) groups excluding carboxylic acids is 1. The molecule has 4 nitrogen and oxygen atoms in total. The first-order chi connectivity index (χ1) is 14.3. The molecule has 1 unspecified atom stereocenters. The molecule has 1 amide bonds. The minimum Gasteiger partial charge on any atom is -0.320 e. The Bertz CT molecular complexity index is 1110. The van der Waals surface area contributed by atoms with E-state index in [1.165, 1.54) is 37.3 Å². The van der Waals surface area contributed by atoms with Crippen molar-refractivity contribution in [1.82, 2.24) is 4.98 Å². The van der Waals surface area contributed by atoms with Crippen molar-refractivity contribution in [2.75, 3.05) is 5.32 Å². The minimum absolute atomic E-state index is 0.0417. The summed E-state index contributed by atoms with van der Waals surface area (Å²) in [5.41, 5.74) is 5.72. The topological polar surface area (TPSA) is 68.0 Å².